The van der Waals surface area contributed by atoms with Gasteiger partial charge in [0.2, 0.25) is 0 Å². The summed E-state index contributed by atoms with van der Waals surface area (Å²) in [5.74, 6) is -0.252. The molecule has 0 aromatic heterocycles. The SMILES string of the molecule is O=COCC(=O)NCCSSCCCC(=O)CC(=O)O. The number of carboxylic acid groups (broad SMARTS) is 1. The quantitative estimate of drug-likeness (QED) is 0.218. The number of Topliss-reactive ketones (excluding diaryl/α,β-unsaturated/α-hetero) is 1. The highest BCUT2D eigenvalue weighted by molar-refractivity contribution is 8.76. The third kappa shape index (κ3) is 13.2. The molecule has 0 rings (SSSR count). The number of carbonyl (C=O) groups is 4. The summed E-state index contributed by atoms with van der Waals surface area (Å²) < 4.78 is 4.28. The van der Waals surface area contributed by atoms with Gasteiger partial charge in [0.25, 0.3) is 12.4 Å². The molecule has 1 amide bonds. The van der Waals surface area contributed by atoms with Gasteiger partial charge in [-0.15, -0.1) is 0 Å². The van der Waals surface area contributed by atoms with E-state index in [1.807, 2.05) is 0 Å². The molecule has 0 saturated carbocycles. The van der Waals surface area contributed by atoms with Crippen LogP contribution in [0.5, 0.6) is 0 Å². The van der Waals surface area contributed by atoms with Crippen LogP contribution in [0.3, 0.4) is 0 Å². The van der Waals surface area contributed by atoms with Gasteiger partial charge in [0.05, 0.1) is 0 Å². The molecule has 0 bridgehead atoms. The fourth-order valence-electron chi connectivity index (χ4n) is 1.10. The summed E-state index contributed by atoms with van der Waals surface area (Å²) in [6.45, 7) is 0.416. The molecule has 0 heterocycles. The Morgan fingerprint density at radius 3 is 2.55 bits per heavy atom. The van der Waals surface area contributed by atoms with Crippen molar-refractivity contribution >= 4 is 45.7 Å². The van der Waals surface area contributed by atoms with E-state index in [2.05, 4.69) is 10.1 Å². The first-order chi connectivity index (χ1) is 9.56. The van der Waals surface area contributed by atoms with Crippen LogP contribution < -0.4 is 5.32 Å². The van der Waals surface area contributed by atoms with Crippen molar-refractivity contribution in [1.29, 1.82) is 0 Å². The van der Waals surface area contributed by atoms with Crippen molar-refractivity contribution in [1.82, 2.24) is 5.32 Å². The highest BCUT2D eigenvalue weighted by Gasteiger charge is 2.07. The van der Waals surface area contributed by atoms with Crippen molar-refractivity contribution in [2.45, 2.75) is 19.3 Å². The van der Waals surface area contributed by atoms with E-state index in [1.165, 1.54) is 0 Å². The van der Waals surface area contributed by atoms with Crippen LogP contribution in [0, 0.1) is 0 Å². The van der Waals surface area contributed by atoms with Gasteiger partial charge in [-0.25, -0.2) is 0 Å². The molecule has 0 aliphatic carbocycles. The highest BCUT2D eigenvalue weighted by Crippen LogP contribution is 2.21. The first-order valence-electron chi connectivity index (χ1n) is 5.86. The molecule has 0 aromatic rings. The van der Waals surface area contributed by atoms with E-state index in [1.54, 1.807) is 21.6 Å². The van der Waals surface area contributed by atoms with Gasteiger partial charge in [-0.1, -0.05) is 21.6 Å². The molecular weight excluding hydrogens is 306 g/mol. The maximum atomic E-state index is 11.1. The fraction of sp³-hybridized carbons (Fsp3) is 0.636. The highest BCUT2D eigenvalue weighted by atomic mass is 33.1. The number of hydrogen-bond acceptors (Lipinski definition) is 7. The zero-order valence-corrected chi connectivity index (χ0v) is 12.5. The van der Waals surface area contributed by atoms with Gasteiger partial charge < -0.3 is 15.2 Å². The van der Waals surface area contributed by atoms with E-state index in [4.69, 9.17) is 5.11 Å². The second-order valence-corrected chi connectivity index (χ2v) is 6.32. The lowest BCUT2D eigenvalue weighted by molar-refractivity contribution is -0.140. The monoisotopic (exact) mass is 323 g/mol. The van der Waals surface area contributed by atoms with Crippen molar-refractivity contribution in [3.8, 4) is 0 Å². The molecule has 0 saturated heterocycles. The summed E-state index contributed by atoms with van der Waals surface area (Å²) >= 11 is 0. The Balaban J connectivity index is 3.28. The molecule has 9 heteroatoms. The topological polar surface area (TPSA) is 110 Å². The number of amides is 1. The summed E-state index contributed by atoms with van der Waals surface area (Å²) in [6.07, 6.45) is 0.510. The number of carbonyl (C=O) groups excluding carboxylic acids is 3. The lowest BCUT2D eigenvalue weighted by Gasteiger charge is -2.03. The Kier molecular flexibility index (Phi) is 12.0. The second kappa shape index (κ2) is 12.8. The van der Waals surface area contributed by atoms with E-state index >= 15 is 0 Å². The molecule has 20 heavy (non-hydrogen) atoms. The van der Waals surface area contributed by atoms with Crippen LogP contribution in [0.25, 0.3) is 0 Å². The lowest BCUT2D eigenvalue weighted by atomic mass is 10.2. The predicted molar refractivity (Wildman–Crippen MR) is 76.4 cm³/mol. The number of hydrogen-bond donors (Lipinski definition) is 2. The second-order valence-electron chi connectivity index (χ2n) is 3.61. The first-order valence-corrected chi connectivity index (χ1v) is 8.35. The average Bonchev–Trinajstić information content (AvgIpc) is 2.38. The Bertz CT molecular complexity index is 337. The number of rotatable bonds is 13. The van der Waals surface area contributed by atoms with Gasteiger partial charge in [0.15, 0.2) is 6.61 Å². The third-order valence-corrected chi connectivity index (χ3v) is 4.40. The van der Waals surface area contributed by atoms with Crippen LogP contribution in [0.1, 0.15) is 19.3 Å². The minimum Gasteiger partial charge on any atom is -0.481 e. The molecule has 0 spiro atoms. The largest absolute Gasteiger partial charge is 0.481 e. The van der Waals surface area contributed by atoms with Crippen molar-refractivity contribution in [3.05, 3.63) is 0 Å². The van der Waals surface area contributed by atoms with Gasteiger partial charge >= 0.3 is 5.97 Å². The maximum Gasteiger partial charge on any atom is 0.310 e. The van der Waals surface area contributed by atoms with Crippen molar-refractivity contribution in [3.63, 3.8) is 0 Å². The van der Waals surface area contributed by atoms with Gasteiger partial charge in [0, 0.05) is 24.5 Å². The molecule has 0 unspecified atom stereocenters. The van der Waals surface area contributed by atoms with Gasteiger partial charge in [-0.3, -0.25) is 19.2 Å². The van der Waals surface area contributed by atoms with Crippen LogP contribution >= 0.6 is 21.6 Å². The Morgan fingerprint density at radius 1 is 1.20 bits per heavy atom. The lowest BCUT2D eigenvalue weighted by Crippen LogP contribution is -2.29. The summed E-state index contributed by atoms with van der Waals surface area (Å²) in [4.78, 5) is 42.1. The van der Waals surface area contributed by atoms with Crippen molar-refractivity contribution in [2.24, 2.45) is 0 Å². The van der Waals surface area contributed by atoms with Gasteiger partial charge in [0.1, 0.15) is 12.2 Å². The van der Waals surface area contributed by atoms with E-state index in [9.17, 15) is 19.2 Å². The van der Waals surface area contributed by atoms with Crippen LogP contribution in [-0.4, -0.2) is 53.9 Å². The van der Waals surface area contributed by atoms with Crippen molar-refractivity contribution < 1.29 is 29.0 Å². The molecule has 0 radical (unpaired) electrons. The standard InChI is InChI=1S/C11H17NO6S2/c13-8-18-7-10(15)12-3-5-20-19-4-1-2-9(14)6-11(16)17/h8H,1-7H2,(H,12,15)(H,16,17). The van der Waals surface area contributed by atoms with Crippen LogP contribution in [0.15, 0.2) is 0 Å². The molecule has 0 aliphatic rings. The van der Waals surface area contributed by atoms with Crippen LogP contribution in [-0.2, 0) is 23.9 Å². The van der Waals surface area contributed by atoms with E-state index in [0.29, 0.717) is 18.7 Å². The van der Waals surface area contributed by atoms with Crippen LogP contribution in [0.4, 0.5) is 0 Å². The number of nitrogens with one attached hydrogen (secondary N) is 1. The fourth-order valence-corrected chi connectivity index (χ4v) is 3.09. The Labute approximate surface area is 124 Å². The van der Waals surface area contributed by atoms with Gasteiger partial charge in [-0.05, 0) is 6.42 Å². The zero-order valence-electron chi connectivity index (χ0n) is 10.8. The number of carboxylic acids is 1. The van der Waals surface area contributed by atoms with Crippen molar-refractivity contribution in [2.75, 3.05) is 24.7 Å². The summed E-state index contributed by atoms with van der Waals surface area (Å²) in [5, 5.41) is 11.0. The van der Waals surface area contributed by atoms with Gasteiger partial charge in [-0.2, -0.15) is 0 Å². The smallest absolute Gasteiger partial charge is 0.310 e. The molecule has 0 atom stereocenters. The molecule has 114 valence electrons. The molecule has 2 N–H and O–H groups in total. The number of ketones is 1. The normalized spacial score (nSPS) is 9.80. The summed E-state index contributed by atoms with van der Waals surface area (Å²) in [6, 6.07) is 0. The molecular formula is C11H17NO6S2. The van der Waals surface area contributed by atoms with E-state index in [-0.39, 0.29) is 31.2 Å². The minimum absolute atomic E-state index is 0.218. The van der Waals surface area contributed by atoms with E-state index in [0.717, 1.165) is 5.75 Å². The summed E-state index contributed by atoms with van der Waals surface area (Å²) in [7, 11) is 3.11. The third-order valence-electron chi connectivity index (χ3n) is 1.91. The maximum absolute atomic E-state index is 11.1. The first kappa shape index (κ1) is 18.8. The van der Waals surface area contributed by atoms with Crippen LogP contribution in [0.2, 0.25) is 0 Å². The Morgan fingerprint density at radius 2 is 1.90 bits per heavy atom. The Hall–Kier alpha value is -1.22. The average molecular weight is 323 g/mol. The molecule has 7 nitrogen and oxygen atoms in total. The number of aliphatic carboxylic acids is 1. The minimum atomic E-state index is -1.09. The molecule has 0 aliphatic heterocycles. The summed E-state index contributed by atoms with van der Waals surface area (Å²) in [5.41, 5.74) is 0. The van der Waals surface area contributed by atoms with E-state index < -0.39 is 12.4 Å². The molecule has 0 aromatic carbocycles. The number of ether oxygens (including phenoxy) is 1. The molecule has 0 fully saturated rings. The zero-order chi connectivity index (χ0) is 15.2. The predicted octanol–water partition coefficient (Wildman–Crippen LogP) is 0.481.